The van der Waals surface area contributed by atoms with Crippen molar-refractivity contribution in [2.75, 3.05) is 6.61 Å². The molecule has 1 fully saturated rings. The Hall–Kier alpha value is -0.940. The molecule has 0 aromatic carbocycles. The molecule has 2 rings (SSSR count). The second kappa shape index (κ2) is 5.23. The van der Waals surface area contributed by atoms with Crippen LogP contribution in [0.4, 0.5) is 0 Å². The van der Waals surface area contributed by atoms with Crippen LogP contribution in [0.3, 0.4) is 0 Å². The molecular weight excluding hydrogens is 194 g/mol. The summed E-state index contributed by atoms with van der Waals surface area (Å²) in [5.41, 5.74) is 0. The summed E-state index contributed by atoms with van der Waals surface area (Å²) in [7, 11) is 0. The molecule has 1 aromatic heterocycles. The van der Waals surface area contributed by atoms with E-state index in [-0.39, 0.29) is 6.61 Å². The molecule has 5 heteroatoms. The summed E-state index contributed by atoms with van der Waals surface area (Å²) in [6.07, 6.45) is 6.61. The van der Waals surface area contributed by atoms with Gasteiger partial charge in [-0.3, -0.25) is 0 Å². The molecule has 0 amide bonds. The quantitative estimate of drug-likeness (QED) is 0.797. The van der Waals surface area contributed by atoms with Gasteiger partial charge in [0.05, 0.1) is 6.10 Å². The fourth-order valence-electron chi connectivity index (χ4n) is 1.91. The van der Waals surface area contributed by atoms with Crippen LogP contribution < -0.4 is 0 Å². The summed E-state index contributed by atoms with van der Waals surface area (Å²) < 4.78 is 7.52. The van der Waals surface area contributed by atoms with Crippen molar-refractivity contribution in [1.82, 2.24) is 14.8 Å². The van der Waals surface area contributed by atoms with Gasteiger partial charge >= 0.3 is 0 Å². The highest BCUT2D eigenvalue weighted by Crippen LogP contribution is 2.16. The predicted octanol–water partition coefficient (Wildman–Crippen LogP) is 0.730. The van der Waals surface area contributed by atoms with Crippen LogP contribution in [-0.2, 0) is 17.9 Å². The zero-order chi connectivity index (χ0) is 10.5. The molecule has 84 valence electrons. The van der Waals surface area contributed by atoms with E-state index in [2.05, 4.69) is 10.2 Å². The van der Waals surface area contributed by atoms with Gasteiger partial charge < -0.3 is 14.4 Å². The van der Waals surface area contributed by atoms with E-state index in [1.165, 1.54) is 12.8 Å². The third-order valence-electron chi connectivity index (χ3n) is 2.80. The van der Waals surface area contributed by atoms with Crippen LogP contribution in [-0.4, -0.2) is 32.6 Å². The van der Waals surface area contributed by atoms with E-state index in [0.717, 1.165) is 26.0 Å². The van der Waals surface area contributed by atoms with Crippen molar-refractivity contribution in [3.05, 3.63) is 12.2 Å². The van der Waals surface area contributed by atoms with Gasteiger partial charge in [0, 0.05) is 13.2 Å². The maximum Gasteiger partial charge on any atom is 0.158 e. The molecule has 1 aromatic rings. The molecule has 1 N–H and O–H groups in total. The van der Waals surface area contributed by atoms with E-state index in [9.17, 15) is 0 Å². The second-order valence-corrected chi connectivity index (χ2v) is 3.88. The van der Waals surface area contributed by atoms with Crippen molar-refractivity contribution in [3.63, 3.8) is 0 Å². The van der Waals surface area contributed by atoms with Crippen molar-refractivity contribution >= 4 is 0 Å². The average molecular weight is 211 g/mol. The van der Waals surface area contributed by atoms with Crippen molar-refractivity contribution in [2.45, 2.75) is 44.9 Å². The molecule has 1 saturated heterocycles. The van der Waals surface area contributed by atoms with Crippen LogP contribution in [0.15, 0.2) is 6.33 Å². The molecular formula is C10H17N3O2. The van der Waals surface area contributed by atoms with Gasteiger partial charge in [0.2, 0.25) is 0 Å². The van der Waals surface area contributed by atoms with Gasteiger partial charge in [0.25, 0.3) is 0 Å². The first-order valence-corrected chi connectivity index (χ1v) is 5.49. The van der Waals surface area contributed by atoms with E-state index in [4.69, 9.17) is 9.84 Å². The molecule has 1 unspecified atom stereocenters. The molecule has 0 bridgehead atoms. The first kappa shape index (κ1) is 10.6. The Morgan fingerprint density at radius 2 is 2.47 bits per heavy atom. The van der Waals surface area contributed by atoms with Gasteiger partial charge in [-0.25, -0.2) is 0 Å². The third-order valence-corrected chi connectivity index (χ3v) is 2.80. The number of hydrogen-bond acceptors (Lipinski definition) is 4. The summed E-state index contributed by atoms with van der Waals surface area (Å²) in [4.78, 5) is 0. The van der Waals surface area contributed by atoms with Crippen molar-refractivity contribution in [3.8, 4) is 0 Å². The second-order valence-electron chi connectivity index (χ2n) is 3.88. The standard InChI is InChI=1S/C10H17N3O2/c14-7-10-12-11-8-13(10)5-4-9-3-1-2-6-15-9/h8-9,14H,1-7H2. The molecule has 2 heterocycles. The number of aliphatic hydroxyl groups excluding tert-OH is 1. The summed E-state index contributed by atoms with van der Waals surface area (Å²) in [5, 5.41) is 16.6. The molecule has 1 aliphatic heterocycles. The minimum absolute atomic E-state index is 0.0501. The van der Waals surface area contributed by atoms with E-state index in [0.29, 0.717) is 11.9 Å². The highest BCUT2D eigenvalue weighted by atomic mass is 16.5. The Balaban J connectivity index is 1.81. The zero-order valence-electron chi connectivity index (χ0n) is 8.80. The van der Waals surface area contributed by atoms with E-state index in [1.807, 2.05) is 4.57 Å². The highest BCUT2D eigenvalue weighted by Gasteiger charge is 2.14. The van der Waals surface area contributed by atoms with Gasteiger partial charge in [0.1, 0.15) is 12.9 Å². The Morgan fingerprint density at radius 3 is 3.20 bits per heavy atom. The van der Waals surface area contributed by atoms with E-state index < -0.39 is 0 Å². The van der Waals surface area contributed by atoms with Crippen LogP contribution in [0.2, 0.25) is 0 Å². The van der Waals surface area contributed by atoms with Crippen molar-refractivity contribution < 1.29 is 9.84 Å². The summed E-state index contributed by atoms with van der Waals surface area (Å²) in [5.74, 6) is 0.630. The number of rotatable bonds is 4. The smallest absolute Gasteiger partial charge is 0.158 e. The lowest BCUT2D eigenvalue weighted by Crippen LogP contribution is -2.21. The number of aryl methyl sites for hydroxylation is 1. The number of nitrogens with zero attached hydrogens (tertiary/aromatic N) is 3. The van der Waals surface area contributed by atoms with Crippen LogP contribution in [0.5, 0.6) is 0 Å². The Morgan fingerprint density at radius 1 is 1.53 bits per heavy atom. The maximum atomic E-state index is 8.99. The molecule has 0 radical (unpaired) electrons. The van der Waals surface area contributed by atoms with Gasteiger partial charge in [-0.15, -0.1) is 10.2 Å². The Kier molecular flexibility index (Phi) is 3.69. The topological polar surface area (TPSA) is 60.2 Å². The first-order valence-electron chi connectivity index (χ1n) is 5.49. The fraction of sp³-hybridized carbons (Fsp3) is 0.800. The van der Waals surface area contributed by atoms with Crippen LogP contribution in [0.1, 0.15) is 31.5 Å². The maximum absolute atomic E-state index is 8.99. The summed E-state index contributed by atoms with van der Waals surface area (Å²) >= 11 is 0. The summed E-state index contributed by atoms with van der Waals surface area (Å²) in [6, 6.07) is 0. The average Bonchev–Trinajstić information content (AvgIpc) is 2.75. The lowest BCUT2D eigenvalue weighted by molar-refractivity contribution is 0.00854. The minimum Gasteiger partial charge on any atom is -0.388 e. The van der Waals surface area contributed by atoms with E-state index in [1.54, 1.807) is 6.33 Å². The van der Waals surface area contributed by atoms with Crippen LogP contribution in [0, 0.1) is 0 Å². The number of aromatic nitrogens is 3. The Bertz CT molecular complexity index is 295. The molecule has 1 atom stereocenters. The van der Waals surface area contributed by atoms with Gasteiger partial charge in [0.15, 0.2) is 5.82 Å². The SMILES string of the molecule is OCc1nncn1CCC1CCCCO1. The molecule has 1 aliphatic rings. The number of hydrogen-bond donors (Lipinski definition) is 1. The first-order chi connectivity index (χ1) is 7.40. The van der Waals surface area contributed by atoms with Crippen LogP contribution >= 0.6 is 0 Å². The van der Waals surface area contributed by atoms with Gasteiger partial charge in [-0.2, -0.15) is 0 Å². The monoisotopic (exact) mass is 211 g/mol. The predicted molar refractivity (Wildman–Crippen MR) is 54.2 cm³/mol. The largest absolute Gasteiger partial charge is 0.388 e. The molecule has 0 saturated carbocycles. The molecule has 0 aliphatic carbocycles. The third kappa shape index (κ3) is 2.76. The minimum atomic E-state index is -0.0501. The molecule has 5 nitrogen and oxygen atoms in total. The fourth-order valence-corrected chi connectivity index (χ4v) is 1.91. The normalized spacial score (nSPS) is 21.8. The lowest BCUT2D eigenvalue weighted by atomic mass is 10.1. The van der Waals surface area contributed by atoms with Crippen molar-refractivity contribution in [2.24, 2.45) is 0 Å². The number of ether oxygens (including phenoxy) is 1. The van der Waals surface area contributed by atoms with Gasteiger partial charge in [-0.05, 0) is 25.7 Å². The lowest BCUT2D eigenvalue weighted by Gasteiger charge is -2.22. The van der Waals surface area contributed by atoms with Gasteiger partial charge in [-0.1, -0.05) is 0 Å². The molecule has 0 spiro atoms. The van der Waals surface area contributed by atoms with E-state index >= 15 is 0 Å². The Labute approximate surface area is 89.1 Å². The van der Waals surface area contributed by atoms with Crippen LogP contribution in [0.25, 0.3) is 0 Å². The van der Waals surface area contributed by atoms with Crippen molar-refractivity contribution in [1.29, 1.82) is 0 Å². The highest BCUT2D eigenvalue weighted by molar-refractivity contribution is 4.82. The molecule has 15 heavy (non-hydrogen) atoms. The zero-order valence-corrected chi connectivity index (χ0v) is 8.80. The summed E-state index contributed by atoms with van der Waals surface area (Å²) in [6.45, 7) is 1.67. The number of aliphatic hydroxyl groups is 1.